The van der Waals surface area contributed by atoms with Crippen molar-refractivity contribution in [2.75, 3.05) is 0 Å². The number of unbranched alkanes of at least 4 members (excludes halogenated alkanes) is 2. The lowest BCUT2D eigenvalue weighted by Crippen LogP contribution is -1.90. The van der Waals surface area contributed by atoms with E-state index in [0.29, 0.717) is 16.5 Å². The molecule has 0 fully saturated rings. The monoisotopic (exact) mass is 367 g/mol. The van der Waals surface area contributed by atoms with Crippen molar-refractivity contribution in [1.29, 1.82) is 5.26 Å². The van der Waals surface area contributed by atoms with E-state index in [1.165, 1.54) is 24.8 Å². The van der Waals surface area contributed by atoms with E-state index in [0.717, 1.165) is 28.1 Å². The van der Waals surface area contributed by atoms with Gasteiger partial charge in [-0.25, -0.2) is 4.39 Å². The van der Waals surface area contributed by atoms with Gasteiger partial charge in [0.1, 0.15) is 5.82 Å². The quantitative estimate of drug-likeness (QED) is 0.266. The van der Waals surface area contributed by atoms with E-state index in [1.807, 2.05) is 24.3 Å². The van der Waals surface area contributed by atoms with E-state index in [-0.39, 0.29) is 5.82 Å². The molecular formula is C26H22FN. The number of nitriles is 1. The average molecular weight is 367 g/mol. The summed E-state index contributed by atoms with van der Waals surface area (Å²) in [4.78, 5) is 0. The molecule has 4 aromatic rings. The van der Waals surface area contributed by atoms with Crippen molar-refractivity contribution in [3.8, 4) is 17.2 Å². The Bertz CT molecular complexity index is 1180. The Labute approximate surface area is 165 Å². The summed E-state index contributed by atoms with van der Waals surface area (Å²) in [5, 5.41) is 12.8. The molecule has 0 aliphatic heterocycles. The van der Waals surface area contributed by atoms with Gasteiger partial charge in [0.15, 0.2) is 0 Å². The van der Waals surface area contributed by atoms with Crippen LogP contribution in [0.2, 0.25) is 0 Å². The Morgan fingerprint density at radius 3 is 2.32 bits per heavy atom. The fourth-order valence-corrected chi connectivity index (χ4v) is 3.84. The van der Waals surface area contributed by atoms with Gasteiger partial charge in [0, 0.05) is 10.9 Å². The highest BCUT2D eigenvalue weighted by Crippen LogP contribution is 2.33. The number of halogens is 1. The minimum Gasteiger partial charge on any atom is -0.206 e. The molecule has 28 heavy (non-hydrogen) atoms. The first-order chi connectivity index (χ1) is 13.7. The molecule has 0 bridgehead atoms. The first-order valence-corrected chi connectivity index (χ1v) is 9.85. The Kier molecular flexibility index (Phi) is 5.08. The van der Waals surface area contributed by atoms with Crippen molar-refractivity contribution in [3.63, 3.8) is 0 Å². The van der Waals surface area contributed by atoms with Crippen LogP contribution in [0.25, 0.3) is 32.7 Å². The highest BCUT2D eigenvalue weighted by Gasteiger charge is 2.12. The molecule has 0 saturated carbocycles. The maximum absolute atomic E-state index is 15.3. The van der Waals surface area contributed by atoms with Gasteiger partial charge in [-0.1, -0.05) is 74.4 Å². The lowest BCUT2D eigenvalue weighted by atomic mass is 9.95. The second kappa shape index (κ2) is 7.82. The van der Waals surface area contributed by atoms with Crippen LogP contribution in [0.3, 0.4) is 0 Å². The van der Waals surface area contributed by atoms with Crippen molar-refractivity contribution in [3.05, 3.63) is 83.7 Å². The Balaban J connectivity index is 1.77. The van der Waals surface area contributed by atoms with E-state index in [2.05, 4.69) is 31.2 Å². The van der Waals surface area contributed by atoms with Gasteiger partial charge >= 0.3 is 0 Å². The third-order valence-electron chi connectivity index (χ3n) is 5.41. The van der Waals surface area contributed by atoms with E-state index in [1.54, 1.807) is 24.3 Å². The molecule has 2 heteroatoms. The summed E-state index contributed by atoms with van der Waals surface area (Å²) in [7, 11) is 0. The molecule has 0 N–H and O–H groups in total. The van der Waals surface area contributed by atoms with Gasteiger partial charge in [0.05, 0.1) is 11.6 Å². The van der Waals surface area contributed by atoms with Gasteiger partial charge in [0.25, 0.3) is 0 Å². The predicted molar refractivity (Wildman–Crippen MR) is 115 cm³/mol. The minimum absolute atomic E-state index is 0.212. The normalized spacial score (nSPS) is 11.0. The molecule has 138 valence electrons. The zero-order valence-corrected chi connectivity index (χ0v) is 16.0. The molecule has 4 rings (SSSR count). The van der Waals surface area contributed by atoms with E-state index in [9.17, 15) is 0 Å². The largest absolute Gasteiger partial charge is 0.206 e. The maximum atomic E-state index is 15.3. The van der Waals surface area contributed by atoms with Crippen LogP contribution in [-0.4, -0.2) is 0 Å². The van der Waals surface area contributed by atoms with Gasteiger partial charge in [0.2, 0.25) is 0 Å². The van der Waals surface area contributed by atoms with Gasteiger partial charge in [-0.3, -0.25) is 0 Å². The molecule has 0 aliphatic rings. The van der Waals surface area contributed by atoms with Crippen molar-refractivity contribution in [2.24, 2.45) is 0 Å². The van der Waals surface area contributed by atoms with Crippen molar-refractivity contribution in [2.45, 2.75) is 32.6 Å². The number of benzene rings is 4. The molecule has 0 unspecified atom stereocenters. The van der Waals surface area contributed by atoms with Crippen molar-refractivity contribution < 1.29 is 4.39 Å². The van der Waals surface area contributed by atoms with Crippen LogP contribution in [0.4, 0.5) is 4.39 Å². The summed E-state index contributed by atoms with van der Waals surface area (Å²) in [6.07, 6.45) is 4.77. The standard InChI is InChI=1S/C26H22FN/c1-2-3-4-5-18-8-12-22-21(16-18)11-13-25-24(22)15-14-23(26(25)27)20-9-6-19(17-28)7-10-20/h6-16H,2-5H2,1H3. The number of aryl methyl sites for hydroxylation is 1. The molecule has 0 aromatic heterocycles. The Hall–Kier alpha value is -3.18. The molecule has 0 heterocycles. The van der Waals surface area contributed by atoms with Crippen LogP contribution >= 0.6 is 0 Å². The van der Waals surface area contributed by atoms with Gasteiger partial charge in [-0.05, 0) is 52.3 Å². The lowest BCUT2D eigenvalue weighted by molar-refractivity contribution is 0.643. The van der Waals surface area contributed by atoms with E-state index in [4.69, 9.17) is 5.26 Å². The van der Waals surface area contributed by atoms with Crippen molar-refractivity contribution >= 4 is 21.5 Å². The average Bonchev–Trinajstić information content (AvgIpc) is 2.74. The highest BCUT2D eigenvalue weighted by molar-refractivity contribution is 6.08. The molecule has 0 amide bonds. The number of hydrogen-bond donors (Lipinski definition) is 0. The maximum Gasteiger partial charge on any atom is 0.138 e. The molecule has 0 radical (unpaired) electrons. The zero-order valence-electron chi connectivity index (χ0n) is 16.0. The molecule has 0 spiro atoms. The molecule has 1 nitrogen and oxygen atoms in total. The van der Waals surface area contributed by atoms with Crippen LogP contribution in [-0.2, 0) is 6.42 Å². The summed E-state index contributed by atoms with van der Waals surface area (Å²) in [6.45, 7) is 2.22. The molecule has 0 atom stereocenters. The summed E-state index contributed by atoms with van der Waals surface area (Å²) in [6, 6.07) is 23.4. The van der Waals surface area contributed by atoms with Crippen LogP contribution < -0.4 is 0 Å². The predicted octanol–water partition coefficient (Wildman–Crippen LogP) is 7.40. The fourth-order valence-electron chi connectivity index (χ4n) is 3.84. The number of hydrogen-bond acceptors (Lipinski definition) is 1. The third kappa shape index (κ3) is 3.37. The van der Waals surface area contributed by atoms with Crippen LogP contribution in [0, 0.1) is 17.1 Å². The first-order valence-electron chi connectivity index (χ1n) is 9.85. The Morgan fingerprint density at radius 2 is 1.57 bits per heavy atom. The number of rotatable bonds is 5. The van der Waals surface area contributed by atoms with Crippen LogP contribution in [0.15, 0.2) is 66.7 Å². The zero-order chi connectivity index (χ0) is 19.5. The van der Waals surface area contributed by atoms with Crippen LogP contribution in [0.1, 0.15) is 37.3 Å². The minimum atomic E-state index is -0.212. The smallest absolute Gasteiger partial charge is 0.138 e. The van der Waals surface area contributed by atoms with Gasteiger partial charge < -0.3 is 0 Å². The van der Waals surface area contributed by atoms with Gasteiger partial charge in [-0.15, -0.1) is 0 Å². The Morgan fingerprint density at radius 1 is 0.821 bits per heavy atom. The molecule has 0 saturated heterocycles. The summed E-state index contributed by atoms with van der Waals surface area (Å²) in [5.74, 6) is -0.212. The second-order valence-corrected chi connectivity index (χ2v) is 7.29. The molecular weight excluding hydrogens is 345 g/mol. The second-order valence-electron chi connectivity index (χ2n) is 7.29. The molecule has 4 aromatic carbocycles. The molecule has 0 aliphatic carbocycles. The van der Waals surface area contributed by atoms with Gasteiger partial charge in [-0.2, -0.15) is 5.26 Å². The van der Waals surface area contributed by atoms with Crippen molar-refractivity contribution in [1.82, 2.24) is 0 Å². The van der Waals surface area contributed by atoms with E-state index < -0.39 is 0 Å². The van der Waals surface area contributed by atoms with E-state index >= 15 is 4.39 Å². The number of fused-ring (bicyclic) bond motifs is 3. The third-order valence-corrected chi connectivity index (χ3v) is 5.41. The number of nitrogens with zero attached hydrogens (tertiary/aromatic N) is 1. The topological polar surface area (TPSA) is 23.8 Å². The summed E-state index contributed by atoms with van der Waals surface area (Å²) in [5.41, 5.74) is 3.26. The SMILES string of the molecule is CCCCCc1ccc2c(ccc3c(F)c(-c4ccc(C#N)cc4)ccc32)c1. The highest BCUT2D eigenvalue weighted by atomic mass is 19.1. The van der Waals surface area contributed by atoms with Crippen LogP contribution in [0.5, 0.6) is 0 Å². The fraction of sp³-hybridized carbons (Fsp3) is 0.192. The summed E-state index contributed by atoms with van der Waals surface area (Å²) < 4.78 is 15.3. The first kappa shape index (κ1) is 18.2. The summed E-state index contributed by atoms with van der Waals surface area (Å²) >= 11 is 0. The lowest BCUT2D eigenvalue weighted by Gasteiger charge is -2.11.